The first kappa shape index (κ1) is 8.31. The van der Waals surface area contributed by atoms with Crippen LogP contribution in [0.2, 0.25) is 0 Å². The summed E-state index contributed by atoms with van der Waals surface area (Å²) in [5.41, 5.74) is 6.40. The molecule has 0 radical (unpaired) electrons. The Labute approximate surface area is 75.7 Å². The number of nitrogen functional groups attached to an aromatic ring is 1. The van der Waals surface area contributed by atoms with Crippen LogP contribution in [0.5, 0.6) is 0 Å². The van der Waals surface area contributed by atoms with Crippen molar-refractivity contribution in [2.24, 2.45) is 0 Å². The van der Waals surface area contributed by atoms with E-state index in [-0.39, 0.29) is 11.2 Å². The zero-order valence-electron chi connectivity index (χ0n) is 7.25. The number of H-pyrrole nitrogens is 1. The Bertz CT molecular complexity index is 353. The molecule has 13 heavy (non-hydrogen) atoms. The molecule has 0 spiro atoms. The number of pyridine rings is 1. The molecular formula is C9H12N2O2. The molecule has 4 heteroatoms. The normalized spacial score (nSPS) is 22.0. The number of anilines is 1. The molecule has 1 aromatic rings. The molecule has 70 valence electrons. The monoisotopic (exact) mass is 180 g/mol. The molecule has 1 saturated heterocycles. The molecule has 0 bridgehead atoms. The fourth-order valence-corrected chi connectivity index (χ4v) is 1.52. The van der Waals surface area contributed by atoms with Crippen molar-refractivity contribution in [3.63, 3.8) is 0 Å². The summed E-state index contributed by atoms with van der Waals surface area (Å²) in [5, 5.41) is 0. The zero-order chi connectivity index (χ0) is 9.26. The highest BCUT2D eigenvalue weighted by atomic mass is 16.5. The Morgan fingerprint density at radius 3 is 3.00 bits per heavy atom. The second-order valence-corrected chi connectivity index (χ2v) is 3.26. The van der Waals surface area contributed by atoms with Crippen LogP contribution in [0.3, 0.4) is 0 Å². The van der Waals surface area contributed by atoms with E-state index in [2.05, 4.69) is 4.98 Å². The van der Waals surface area contributed by atoms with Crippen LogP contribution < -0.4 is 11.3 Å². The molecule has 2 heterocycles. The largest absolute Gasteiger partial charge is 0.394 e. The molecule has 0 aliphatic carbocycles. The van der Waals surface area contributed by atoms with E-state index in [4.69, 9.17) is 10.5 Å². The van der Waals surface area contributed by atoms with Crippen LogP contribution in [0.4, 0.5) is 5.69 Å². The lowest BCUT2D eigenvalue weighted by Crippen LogP contribution is -2.15. The Morgan fingerprint density at radius 1 is 1.54 bits per heavy atom. The average molecular weight is 180 g/mol. The van der Waals surface area contributed by atoms with Gasteiger partial charge in [0.15, 0.2) is 0 Å². The van der Waals surface area contributed by atoms with Crippen LogP contribution >= 0.6 is 0 Å². The van der Waals surface area contributed by atoms with E-state index in [9.17, 15) is 4.79 Å². The number of hydrogen-bond acceptors (Lipinski definition) is 3. The van der Waals surface area contributed by atoms with E-state index in [0.29, 0.717) is 12.5 Å². The highest BCUT2D eigenvalue weighted by Crippen LogP contribution is 2.22. The lowest BCUT2D eigenvalue weighted by Gasteiger charge is -2.06. The number of rotatable bonds is 1. The molecule has 0 saturated carbocycles. The highest BCUT2D eigenvalue weighted by molar-refractivity contribution is 5.35. The van der Waals surface area contributed by atoms with Crippen molar-refractivity contribution in [3.05, 3.63) is 28.2 Å². The van der Waals surface area contributed by atoms with Gasteiger partial charge in [-0.05, 0) is 18.6 Å². The average Bonchev–Trinajstić information content (AvgIpc) is 2.62. The van der Waals surface area contributed by atoms with E-state index < -0.39 is 0 Å². The Kier molecular flexibility index (Phi) is 2.06. The third-order valence-corrected chi connectivity index (χ3v) is 2.33. The van der Waals surface area contributed by atoms with Gasteiger partial charge in [-0.25, -0.2) is 0 Å². The van der Waals surface area contributed by atoms with Gasteiger partial charge in [-0.2, -0.15) is 0 Å². The van der Waals surface area contributed by atoms with Crippen molar-refractivity contribution in [1.82, 2.24) is 4.98 Å². The Hall–Kier alpha value is -1.29. The number of nitrogens with two attached hydrogens (primary N) is 1. The summed E-state index contributed by atoms with van der Waals surface area (Å²) < 4.78 is 5.23. The van der Waals surface area contributed by atoms with Crippen molar-refractivity contribution < 1.29 is 4.74 Å². The molecule has 1 aromatic heterocycles. The minimum absolute atomic E-state index is 0.204. The molecule has 4 nitrogen and oxygen atoms in total. The summed E-state index contributed by atoms with van der Waals surface area (Å²) in [6, 6.07) is 3.50. The van der Waals surface area contributed by atoms with E-state index in [0.717, 1.165) is 18.7 Å². The first-order valence-electron chi connectivity index (χ1n) is 4.34. The van der Waals surface area contributed by atoms with Gasteiger partial charge in [-0.15, -0.1) is 0 Å². The third-order valence-electron chi connectivity index (χ3n) is 2.33. The lowest BCUT2D eigenvalue weighted by molar-refractivity contribution is 0.193. The van der Waals surface area contributed by atoms with Crippen LogP contribution in [0.25, 0.3) is 0 Å². The molecular weight excluding hydrogens is 168 g/mol. The van der Waals surface area contributed by atoms with Gasteiger partial charge in [-0.1, -0.05) is 0 Å². The summed E-state index contributed by atoms with van der Waals surface area (Å²) in [4.78, 5) is 13.9. The first-order chi connectivity index (χ1) is 6.27. The van der Waals surface area contributed by atoms with Gasteiger partial charge < -0.3 is 15.5 Å². The van der Waals surface area contributed by atoms with Crippen LogP contribution in [-0.2, 0) is 4.74 Å². The summed E-state index contributed by atoms with van der Waals surface area (Å²) >= 11 is 0. The van der Waals surface area contributed by atoms with Gasteiger partial charge in [0.25, 0.3) is 5.56 Å². The number of ether oxygens (including phenoxy) is 1. The van der Waals surface area contributed by atoms with Gasteiger partial charge in [0.1, 0.15) is 0 Å². The van der Waals surface area contributed by atoms with Crippen molar-refractivity contribution >= 4 is 5.69 Å². The smallest absolute Gasteiger partial charge is 0.271 e. The van der Waals surface area contributed by atoms with E-state index in [1.54, 1.807) is 6.07 Å². The predicted octanol–water partition coefficient (Wildman–Crippen LogP) is 0.461. The maximum Gasteiger partial charge on any atom is 0.271 e. The minimum Gasteiger partial charge on any atom is -0.394 e. The quantitative estimate of drug-likeness (QED) is 0.659. The number of hydrogen-bond donors (Lipinski definition) is 2. The Morgan fingerprint density at radius 2 is 2.38 bits per heavy atom. The summed E-state index contributed by atoms with van der Waals surface area (Å²) in [6.45, 7) is 1.47. The van der Waals surface area contributed by atoms with Crippen molar-refractivity contribution in [1.29, 1.82) is 0 Å². The minimum atomic E-state index is -0.204. The second kappa shape index (κ2) is 3.22. The molecule has 1 fully saturated rings. The number of aromatic nitrogens is 1. The molecule has 0 aromatic carbocycles. The zero-order valence-corrected chi connectivity index (χ0v) is 7.25. The Balaban J connectivity index is 2.30. The fourth-order valence-electron chi connectivity index (χ4n) is 1.52. The van der Waals surface area contributed by atoms with E-state index in [1.807, 2.05) is 6.07 Å². The maximum atomic E-state index is 11.2. The lowest BCUT2D eigenvalue weighted by atomic mass is 10.0. The highest BCUT2D eigenvalue weighted by Gasteiger charge is 2.18. The number of nitrogens with one attached hydrogen (secondary N) is 1. The molecule has 2 rings (SSSR count). The van der Waals surface area contributed by atoms with Crippen molar-refractivity contribution in [2.75, 3.05) is 18.9 Å². The van der Waals surface area contributed by atoms with E-state index in [1.165, 1.54) is 0 Å². The third kappa shape index (κ3) is 1.58. The SMILES string of the molecule is Nc1ccc(C2CCOC2)[nH]c1=O. The van der Waals surface area contributed by atoms with Gasteiger partial charge in [0.2, 0.25) is 0 Å². The van der Waals surface area contributed by atoms with Crippen molar-refractivity contribution in [2.45, 2.75) is 12.3 Å². The standard InChI is InChI=1S/C9H12N2O2/c10-7-1-2-8(11-9(7)12)6-3-4-13-5-6/h1-2,6H,3-5,10H2,(H,11,12). The molecule has 1 aliphatic rings. The van der Waals surface area contributed by atoms with Crippen molar-refractivity contribution in [3.8, 4) is 0 Å². The van der Waals surface area contributed by atoms with Gasteiger partial charge in [0.05, 0.1) is 12.3 Å². The molecule has 1 unspecified atom stereocenters. The number of aromatic amines is 1. The van der Waals surface area contributed by atoms with Crippen LogP contribution in [-0.4, -0.2) is 18.2 Å². The van der Waals surface area contributed by atoms with Gasteiger partial charge >= 0.3 is 0 Å². The topological polar surface area (TPSA) is 68.1 Å². The molecule has 3 N–H and O–H groups in total. The van der Waals surface area contributed by atoms with Gasteiger partial charge in [-0.3, -0.25) is 4.79 Å². The summed E-state index contributed by atoms with van der Waals surface area (Å²) in [6.07, 6.45) is 0.972. The van der Waals surface area contributed by atoms with Crippen LogP contribution in [0.1, 0.15) is 18.0 Å². The van der Waals surface area contributed by atoms with Crippen LogP contribution in [0, 0.1) is 0 Å². The first-order valence-corrected chi connectivity index (χ1v) is 4.34. The fraction of sp³-hybridized carbons (Fsp3) is 0.444. The summed E-state index contributed by atoms with van der Waals surface area (Å²) in [5.74, 6) is 0.327. The molecule has 1 aliphatic heterocycles. The van der Waals surface area contributed by atoms with Crippen LogP contribution in [0.15, 0.2) is 16.9 Å². The predicted molar refractivity (Wildman–Crippen MR) is 49.7 cm³/mol. The maximum absolute atomic E-state index is 11.2. The van der Waals surface area contributed by atoms with E-state index >= 15 is 0 Å². The molecule has 0 amide bonds. The summed E-state index contributed by atoms with van der Waals surface area (Å²) in [7, 11) is 0. The molecule has 1 atom stereocenters. The second-order valence-electron chi connectivity index (χ2n) is 3.26. The van der Waals surface area contributed by atoms with Gasteiger partial charge in [0, 0.05) is 18.2 Å².